The van der Waals surface area contributed by atoms with E-state index in [2.05, 4.69) is 5.32 Å². The zero-order valence-electron chi connectivity index (χ0n) is 15.5. The molecule has 1 heterocycles. The number of carbonyl (C=O) groups is 2. The maximum Gasteiger partial charge on any atom is 0.258 e. The van der Waals surface area contributed by atoms with Gasteiger partial charge < -0.3 is 10.2 Å². The second-order valence-corrected chi connectivity index (χ2v) is 7.30. The largest absolute Gasteiger partial charge is 0.348 e. The van der Waals surface area contributed by atoms with Crippen LogP contribution in [-0.2, 0) is 13.0 Å². The summed E-state index contributed by atoms with van der Waals surface area (Å²) in [6.45, 7) is 0.965. The number of fused-ring (bicyclic) bond motifs is 1. The first kappa shape index (κ1) is 19.2. The Balaban J connectivity index is 1.44. The molecule has 1 aliphatic heterocycles. The number of anilines is 1. The molecule has 0 bridgehead atoms. The molecule has 4 rings (SSSR count). The van der Waals surface area contributed by atoms with Gasteiger partial charge in [-0.25, -0.2) is 4.39 Å². The maximum absolute atomic E-state index is 13.1. The van der Waals surface area contributed by atoms with Gasteiger partial charge in [0.15, 0.2) is 0 Å². The topological polar surface area (TPSA) is 49.4 Å². The number of carbonyl (C=O) groups excluding carboxylic acids is 2. The molecule has 3 aromatic rings. The van der Waals surface area contributed by atoms with Crippen molar-refractivity contribution >= 4 is 29.1 Å². The first-order valence-corrected chi connectivity index (χ1v) is 9.62. The van der Waals surface area contributed by atoms with Gasteiger partial charge in [0.2, 0.25) is 0 Å². The number of benzene rings is 3. The number of hydrogen-bond donors (Lipinski definition) is 1. The number of amides is 2. The summed E-state index contributed by atoms with van der Waals surface area (Å²) < 4.78 is 13.1. The summed E-state index contributed by atoms with van der Waals surface area (Å²) in [5.41, 5.74) is 3.87. The van der Waals surface area contributed by atoms with Crippen LogP contribution in [0.15, 0.2) is 66.7 Å². The normalized spacial score (nSPS) is 12.6. The molecule has 2 amide bonds. The van der Waals surface area contributed by atoms with Crippen molar-refractivity contribution in [1.82, 2.24) is 5.32 Å². The Labute approximate surface area is 172 Å². The maximum atomic E-state index is 13.1. The molecule has 1 aliphatic rings. The van der Waals surface area contributed by atoms with Crippen LogP contribution in [0, 0.1) is 5.82 Å². The fraction of sp³-hybridized carbons (Fsp3) is 0.130. The third-order valence-electron chi connectivity index (χ3n) is 4.94. The van der Waals surface area contributed by atoms with E-state index >= 15 is 0 Å². The van der Waals surface area contributed by atoms with E-state index in [0.717, 1.165) is 23.2 Å². The van der Waals surface area contributed by atoms with Crippen molar-refractivity contribution in [2.45, 2.75) is 13.0 Å². The van der Waals surface area contributed by atoms with E-state index in [0.29, 0.717) is 29.2 Å². The molecule has 0 saturated heterocycles. The fourth-order valence-corrected chi connectivity index (χ4v) is 3.54. The minimum absolute atomic E-state index is 0.146. The lowest BCUT2D eigenvalue weighted by molar-refractivity contribution is 0.0949. The van der Waals surface area contributed by atoms with Gasteiger partial charge in [0, 0.05) is 34.9 Å². The summed E-state index contributed by atoms with van der Waals surface area (Å²) in [4.78, 5) is 26.7. The van der Waals surface area contributed by atoms with E-state index in [1.54, 1.807) is 29.2 Å². The predicted molar refractivity (Wildman–Crippen MR) is 111 cm³/mol. The summed E-state index contributed by atoms with van der Waals surface area (Å²) in [5, 5.41) is 3.48. The van der Waals surface area contributed by atoms with Crippen LogP contribution in [0.5, 0.6) is 0 Å². The molecule has 6 heteroatoms. The average molecular weight is 409 g/mol. The van der Waals surface area contributed by atoms with E-state index in [1.165, 1.54) is 24.3 Å². The van der Waals surface area contributed by atoms with Crippen molar-refractivity contribution in [1.29, 1.82) is 0 Å². The van der Waals surface area contributed by atoms with Crippen LogP contribution in [-0.4, -0.2) is 18.4 Å². The lowest BCUT2D eigenvalue weighted by Crippen LogP contribution is -2.28. The predicted octanol–water partition coefficient (Wildman–Crippen LogP) is 4.61. The Morgan fingerprint density at radius 3 is 2.38 bits per heavy atom. The van der Waals surface area contributed by atoms with Gasteiger partial charge in [-0.15, -0.1) is 0 Å². The number of hydrogen-bond acceptors (Lipinski definition) is 2. The van der Waals surface area contributed by atoms with E-state index in [4.69, 9.17) is 11.6 Å². The summed E-state index contributed by atoms with van der Waals surface area (Å²) >= 11 is 5.85. The Hall–Kier alpha value is -3.18. The molecule has 0 aliphatic carbocycles. The molecule has 3 aromatic carbocycles. The van der Waals surface area contributed by atoms with Gasteiger partial charge in [0.25, 0.3) is 11.8 Å². The summed E-state index contributed by atoms with van der Waals surface area (Å²) in [6, 6.07) is 18.1. The van der Waals surface area contributed by atoms with Gasteiger partial charge in [0.05, 0.1) is 0 Å². The average Bonchev–Trinajstić information content (AvgIpc) is 3.16. The molecular weight excluding hydrogens is 391 g/mol. The lowest BCUT2D eigenvalue weighted by Gasteiger charge is -2.18. The van der Waals surface area contributed by atoms with Gasteiger partial charge in [0.1, 0.15) is 5.82 Å². The van der Waals surface area contributed by atoms with Crippen LogP contribution < -0.4 is 10.2 Å². The van der Waals surface area contributed by atoms with Crippen LogP contribution in [0.1, 0.15) is 31.8 Å². The quantitative estimate of drug-likeness (QED) is 0.685. The molecule has 1 N–H and O–H groups in total. The summed E-state index contributed by atoms with van der Waals surface area (Å²) in [7, 11) is 0. The van der Waals surface area contributed by atoms with Crippen molar-refractivity contribution in [3.8, 4) is 0 Å². The Morgan fingerprint density at radius 1 is 0.966 bits per heavy atom. The Bertz CT molecular complexity index is 1070. The SMILES string of the molecule is O=C(NCc1ccc2c(c1)CCN2C(=O)c1ccc(F)cc1)c1ccc(Cl)cc1. The smallest absolute Gasteiger partial charge is 0.258 e. The molecule has 0 spiro atoms. The van der Waals surface area contributed by atoms with Crippen molar-refractivity contribution in [3.63, 3.8) is 0 Å². The minimum atomic E-state index is -0.367. The lowest BCUT2D eigenvalue weighted by atomic mass is 10.1. The Morgan fingerprint density at radius 2 is 1.66 bits per heavy atom. The molecule has 0 unspecified atom stereocenters. The highest BCUT2D eigenvalue weighted by Crippen LogP contribution is 2.30. The van der Waals surface area contributed by atoms with E-state index < -0.39 is 0 Å². The van der Waals surface area contributed by atoms with Gasteiger partial charge in [-0.1, -0.05) is 23.7 Å². The standard InChI is InChI=1S/C23H18ClFN2O2/c24-19-6-2-16(3-7-19)22(28)26-14-15-1-10-21-18(13-15)11-12-27(21)23(29)17-4-8-20(25)9-5-17/h1-10,13H,11-12,14H2,(H,26,28). The fourth-order valence-electron chi connectivity index (χ4n) is 3.41. The molecule has 0 saturated carbocycles. The molecule has 4 nitrogen and oxygen atoms in total. The molecule has 146 valence electrons. The molecule has 0 aromatic heterocycles. The highest BCUT2D eigenvalue weighted by atomic mass is 35.5. The summed E-state index contributed by atoms with van der Waals surface area (Å²) in [6.07, 6.45) is 0.737. The first-order valence-electron chi connectivity index (χ1n) is 9.24. The highest BCUT2D eigenvalue weighted by Gasteiger charge is 2.25. The second kappa shape index (κ2) is 8.05. The van der Waals surface area contributed by atoms with Crippen molar-refractivity contribution in [2.75, 3.05) is 11.4 Å². The monoisotopic (exact) mass is 408 g/mol. The molecular formula is C23H18ClFN2O2. The van der Waals surface area contributed by atoms with Crippen LogP contribution in [0.2, 0.25) is 5.02 Å². The molecule has 0 atom stereocenters. The molecule has 29 heavy (non-hydrogen) atoms. The third kappa shape index (κ3) is 4.15. The van der Waals surface area contributed by atoms with Crippen LogP contribution >= 0.6 is 11.6 Å². The van der Waals surface area contributed by atoms with Crippen LogP contribution in [0.3, 0.4) is 0 Å². The van der Waals surface area contributed by atoms with Gasteiger partial charge in [-0.3, -0.25) is 9.59 Å². The van der Waals surface area contributed by atoms with Gasteiger partial charge in [-0.05, 0) is 72.1 Å². The van der Waals surface area contributed by atoms with Gasteiger partial charge >= 0.3 is 0 Å². The molecule has 0 radical (unpaired) electrons. The first-order chi connectivity index (χ1) is 14.0. The second-order valence-electron chi connectivity index (χ2n) is 6.87. The van der Waals surface area contributed by atoms with Crippen molar-refractivity contribution in [3.05, 3.63) is 99.8 Å². The van der Waals surface area contributed by atoms with E-state index in [-0.39, 0.29) is 17.6 Å². The number of halogens is 2. The highest BCUT2D eigenvalue weighted by molar-refractivity contribution is 6.30. The van der Waals surface area contributed by atoms with E-state index in [1.807, 2.05) is 18.2 Å². The number of rotatable bonds is 4. The number of nitrogens with one attached hydrogen (secondary N) is 1. The van der Waals surface area contributed by atoms with Crippen LogP contribution in [0.25, 0.3) is 0 Å². The van der Waals surface area contributed by atoms with Crippen molar-refractivity contribution in [2.24, 2.45) is 0 Å². The third-order valence-corrected chi connectivity index (χ3v) is 5.19. The zero-order valence-corrected chi connectivity index (χ0v) is 16.2. The zero-order chi connectivity index (χ0) is 20.4. The Kier molecular flexibility index (Phi) is 5.32. The van der Waals surface area contributed by atoms with Crippen LogP contribution in [0.4, 0.5) is 10.1 Å². The van der Waals surface area contributed by atoms with E-state index in [9.17, 15) is 14.0 Å². The number of nitrogens with zero attached hydrogens (tertiary/aromatic N) is 1. The summed E-state index contributed by atoms with van der Waals surface area (Å²) in [5.74, 6) is -0.684. The molecule has 0 fully saturated rings. The minimum Gasteiger partial charge on any atom is -0.348 e. The van der Waals surface area contributed by atoms with Gasteiger partial charge in [-0.2, -0.15) is 0 Å². The van der Waals surface area contributed by atoms with Crippen molar-refractivity contribution < 1.29 is 14.0 Å².